The Morgan fingerprint density at radius 3 is 2.70 bits per heavy atom. The predicted octanol–water partition coefficient (Wildman–Crippen LogP) is 4.78. The van der Waals surface area contributed by atoms with Gasteiger partial charge in [0, 0.05) is 17.5 Å². The molecule has 0 amide bonds. The van der Waals surface area contributed by atoms with E-state index in [-0.39, 0.29) is 0 Å². The fourth-order valence-electron chi connectivity index (χ4n) is 2.41. The summed E-state index contributed by atoms with van der Waals surface area (Å²) in [6, 6.07) is 14.2. The maximum absolute atomic E-state index is 6.38. The van der Waals surface area contributed by atoms with Gasteiger partial charge in [0.05, 0.1) is 5.02 Å². The van der Waals surface area contributed by atoms with Gasteiger partial charge in [0.2, 0.25) is 0 Å². The number of halogens is 1. The summed E-state index contributed by atoms with van der Waals surface area (Å²) in [4.78, 5) is 0. The lowest BCUT2D eigenvalue weighted by Crippen LogP contribution is -2.04. The highest BCUT2D eigenvalue weighted by atomic mass is 35.5. The van der Waals surface area contributed by atoms with Crippen molar-refractivity contribution in [2.45, 2.75) is 13.5 Å². The number of fused-ring (bicyclic) bond motifs is 1. The minimum Gasteiger partial charge on any atom is -0.456 e. The quantitative estimate of drug-likeness (QED) is 0.749. The zero-order valence-corrected chi connectivity index (χ0v) is 12.3. The van der Waals surface area contributed by atoms with Crippen LogP contribution >= 0.6 is 11.6 Å². The SMILES string of the molecule is CNCc1ccc(-c2cc3cccc(C)c3o2)c(Cl)c1. The van der Waals surface area contributed by atoms with Crippen LogP contribution in [0.4, 0.5) is 0 Å². The van der Waals surface area contributed by atoms with Crippen molar-refractivity contribution in [2.24, 2.45) is 0 Å². The molecule has 0 spiro atoms. The summed E-state index contributed by atoms with van der Waals surface area (Å²) in [7, 11) is 1.92. The van der Waals surface area contributed by atoms with Gasteiger partial charge >= 0.3 is 0 Å². The first-order valence-corrected chi connectivity index (χ1v) is 6.99. The molecule has 0 fully saturated rings. The molecule has 20 heavy (non-hydrogen) atoms. The van der Waals surface area contributed by atoms with Gasteiger partial charge in [0.1, 0.15) is 11.3 Å². The standard InChI is InChI=1S/C17H16ClNO/c1-11-4-3-5-13-9-16(20-17(11)13)14-7-6-12(10-19-2)8-15(14)18/h3-9,19H,10H2,1-2H3. The molecule has 2 nitrogen and oxygen atoms in total. The number of aryl methyl sites for hydroxylation is 1. The molecule has 0 aliphatic rings. The number of hydrogen-bond donors (Lipinski definition) is 1. The smallest absolute Gasteiger partial charge is 0.137 e. The molecule has 2 aromatic carbocycles. The van der Waals surface area contributed by atoms with Crippen LogP contribution < -0.4 is 5.32 Å². The van der Waals surface area contributed by atoms with E-state index in [9.17, 15) is 0 Å². The molecule has 0 atom stereocenters. The Balaban J connectivity index is 2.08. The van der Waals surface area contributed by atoms with Crippen molar-refractivity contribution in [3.63, 3.8) is 0 Å². The van der Waals surface area contributed by atoms with Gasteiger partial charge < -0.3 is 9.73 Å². The van der Waals surface area contributed by atoms with Crippen LogP contribution in [0.1, 0.15) is 11.1 Å². The van der Waals surface area contributed by atoms with Gasteiger partial charge in [0.25, 0.3) is 0 Å². The van der Waals surface area contributed by atoms with Gasteiger partial charge in [0.15, 0.2) is 0 Å². The molecule has 0 radical (unpaired) electrons. The molecule has 0 saturated heterocycles. The van der Waals surface area contributed by atoms with E-state index in [4.69, 9.17) is 16.0 Å². The summed E-state index contributed by atoms with van der Waals surface area (Å²) in [6.45, 7) is 2.85. The second-order valence-corrected chi connectivity index (χ2v) is 5.36. The predicted molar refractivity (Wildman–Crippen MR) is 84.2 cm³/mol. The first-order valence-electron chi connectivity index (χ1n) is 6.61. The molecule has 0 aliphatic carbocycles. The van der Waals surface area contributed by atoms with Crippen molar-refractivity contribution < 1.29 is 4.42 Å². The summed E-state index contributed by atoms with van der Waals surface area (Å²) < 4.78 is 5.97. The monoisotopic (exact) mass is 285 g/mol. The molecule has 1 aromatic heterocycles. The molecule has 0 aliphatic heterocycles. The van der Waals surface area contributed by atoms with Crippen molar-refractivity contribution in [3.05, 3.63) is 58.6 Å². The molecule has 0 bridgehead atoms. The van der Waals surface area contributed by atoms with Crippen LogP contribution in [0.3, 0.4) is 0 Å². The van der Waals surface area contributed by atoms with Gasteiger partial charge in [-0.3, -0.25) is 0 Å². The highest BCUT2D eigenvalue weighted by molar-refractivity contribution is 6.33. The molecule has 1 N–H and O–H groups in total. The van der Waals surface area contributed by atoms with E-state index in [1.807, 2.05) is 44.3 Å². The van der Waals surface area contributed by atoms with E-state index < -0.39 is 0 Å². The minimum atomic E-state index is 0.717. The second kappa shape index (κ2) is 5.31. The summed E-state index contributed by atoms with van der Waals surface area (Å²) in [5.74, 6) is 0.815. The van der Waals surface area contributed by atoms with Crippen LogP contribution in [-0.4, -0.2) is 7.05 Å². The number of hydrogen-bond acceptors (Lipinski definition) is 2. The largest absolute Gasteiger partial charge is 0.456 e. The normalized spacial score (nSPS) is 11.2. The molecule has 3 rings (SSSR count). The van der Waals surface area contributed by atoms with Crippen LogP contribution in [0, 0.1) is 6.92 Å². The molecule has 3 heteroatoms. The van der Waals surface area contributed by atoms with Crippen LogP contribution in [0.5, 0.6) is 0 Å². The summed E-state index contributed by atoms with van der Waals surface area (Å²) in [5.41, 5.74) is 4.16. The number of rotatable bonds is 3. The highest BCUT2D eigenvalue weighted by Crippen LogP contribution is 2.34. The maximum atomic E-state index is 6.38. The van der Waals surface area contributed by atoms with Crippen LogP contribution in [0.15, 0.2) is 46.9 Å². The van der Waals surface area contributed by atoms with Gasteiger partial charge in [-0.2, -0.15) is 0 Å². The second-order valence-electron chi connectivity index (χ2n) is 4.95. The van der Waals surface area contributed by atoms with Crippen LogP contribution in [0.25, 0.3) is 22.3 Å². The summed E-state index contributed by atoms with van der Waals surface area (Å²) in [5, 5.41) is 4.94. The number of para-hydroxylation sites is 1. The fourth-order valence-corrected chi connectivity index (χ4v) is 2.71. The molecule has 102 valence electrons. The van der Waals surface area contributed by atoms with Gasteiger partial charge in [-0.1, -0.05) is 35.9 Å². The average molecular weight is 286 g/mol. The third-order valence-electron chi connectivity index (χ3n) is 3.42. The Morgan fingerprint density at radius 2 is 2.00 bits per heavy atom. The Bertz CT molecular complexity index is 761. The third-order valence-corrected chi connectivity index (χ3v) is 3.73. The number of benzene rings is 2. The van der Waals surface area contributed by atoms with Gasteiger partial charge in [-0.05, 0) is 43.3 Å². The fraction of sp³-hybridized carbons (Fsp3) is 0.176. The minimum absolute atomic E-state index is 0.717. The molecular weight excluding hydrogens is 270 g/mol. The number of nitrogens with one attached hydrogen (secondary N) is 1. The van der Waals surface area contributed by atoms with Gasteiger partial charge in [-0.15, -0.1) is 0 Å². The lowest BCUT2D eigenvalue weighted by Gasteiger charge is -2.04. The van der Waals surface area contributed by atoms with Crippen LogP contribution in [0.2, 0.25) is 5.02 Å². The van der Waals surface area contributed by atoms with Crippen molar-refractivity contribution >= 4 is 22.6 Å². The Kier molecular flexibility index (Phi) is 3.51. The van der Waals surface area contributed by atoms with E-state index in [1.54, 1.807) is 0 Å². The maximum Gasteiger partial charge on any atom is 0.137 e. The lowest BCUT2D eigenvalue weighted by molar-refractivity contribution is 0.629. The van der Waals surface area contributed by atoms with Crippen molar-refractivity contribution in [1.82, 2.24) is 5.32 Å². The molecule has 0 unspecified atom stereocenters. The zero-order valence-electron chi connectivity index (χ0n) is 11.5. The molecule has 1 heterocycles. The van der Waals surface area contributed by atoms with E-state index in [0.717, 1.165) is 45.0 Å². The van der Waals surface area contributed by atoms with Gasteiger partial charge in [-0.25, -0.2) is 0 Å². The first kappa shape index (κ1) is 13.2. The molecular formula is C17H16ClNO. The Morgan fingerprint density at radius 1 is 1.15 bits per heavy atom. The van der Waals surface area contributed by atoms with E-state index in [1.165, 1.54) is 0 Å². The molecule has 0 saturated carbocycles. The first-order chi connectivity index (χ1) is 9.69. The van der Waals surface area contributed by atoms with Crippen LogP contribution in [-0.2, 0) is 6.54 Å². The van der Waals surface area contributed by atoms with Crippen molar-refractivity contribution in [2.75, 3.05) is 7.05 Å². The average Bonchev–Trinajstić information content (AvgIpc) is 2.84. The van der Waals surface area contributed by atoms with E-state index >= 15 is 0 Å². The number of furan rings is 1. The summed E-state index contributed by atoms with van der Waals surface area (Å²) >= 11 is 6.38. The highest BCUT2D eigenvalue weighted by Gasteiger charge is 2.11. The third kappa shape index (κ3) is 2.33. The Hall–Kier alpha value is -1.77. The summed E-state index contributed by atoms with van der Waals surface area (Å²) in [6.07, 6.45) is 0. The Labute approximate surface area is 123 Å². The topological polar surface area (TPSA) is 25.2 Å². The van der Waals surface area contributed by atoms with E-state index in [2.05, 4.69) is 17.4 Å². The molecule has 3 aromatic rings. The van der Waals surface area contributed by atoms with E-state index in [0.29, 0.717) is 0 Å². The zero-order chi connectivity index (χ0) is 14.1. The van der Waals surface area contributed by atoms with Crippen molar-refractivity contribution in [3.8, 4) is 11.3 Å². The lowest BCUT2D eigenvalue weighted by atomic mass is 10.1. The van der Waals surface area contributed by atoms with Crippen molar-refractivity contribution in [1.29, 1.82) is 0 Å².